The lowest BCUT2D eigenvalue weighted by atomic mass is 10.1. The van der Waals surface area contributed by atoms with Gasteiger partial charge in [-0.25, -0.2) is 8.42 Å². The van der Waals surface area contributed by atoms with Crippen molar-refractivity contribution in [3.8, 4) is 0 Å². The molecular formula is C17H30IN3O4S. The van der Waals surface area contributed by atoms with Gasteiger partial charge in [-0.15, -0.1) is 24.0 Å². The number of sulfone groups is 1. The molecule has 7 nitrogen and oxygen atoms in total. The largest absolute Gasteiger partial charge is 0.469 e. The standard InChI is InChI=1S/C17H29N3O4S.HI/c1-14(7-11-25(2,21)22)20-17(19-12-15-6-10-23-13-15)18-8-5-16-4-3-9-24-16;/h3-4,9,14-15H,5-8,10-13H2,1-2H3,(H2,18,19,20);1H. The first-order valence-electron chi connectivity index (χ1n) is 8.75. The van der Waals surface area contributed by atoms with E-state index in [4.69, 9.17) is 9.15 Å². The number of ether oxygens (including phenoxy) is 1. The fraction of sp³-hybridized carbons (Fsp3) is 0.706. The SMILES string of the molecule is CC(CCS(C)(=O)=O)NC(=NCC1CCOC1)NCCc1ccco1.I. The quantitative estimate of drug-likeness (QED) is 0.306. The molecule has 1 fully saturated rings. The Bertz CT molecular complexity index is 628. The van der Waals surface area contributed by atoms with Crippen molar-refractivity contribution >= 4 is 39.8 Å². The zero-order valence-electron chi connectivity index (χ0n) is 15.4. The molecule has 150 valence electrons. The van der Waals surface area contributed by atoms with Crippen molar-refractivity contribution in [3.05, 3.63) is 24.2 Å². The maximum atomic E-state index is 11.3. The van der Waals surface area contributed by atoms with Crippen molar-refractivity contribution in [2.45, 2.75) is 32.2 Å². The van der Waals surface area contributed by atoms with Crippen molar-refractivity contribution < 1.29 is 17.6 Å². The van der Waals surface area contributed by atoms with Gasteiger partial charge in [0.15, 0.2) is 5.96 Å². The lowest BCUT2D eigenvalue weighted by Gasteiger charge is -2.18. The van der Waals surface area contributed by atoms with Crippen LogP contribution in [-0.4, -0.2) is 58.7 Å². The predicted octanol–water partition coefficient (Wildman–Crippen LogP) is 1.83. The van der Waals surface area contributed by atoms with Gasteiger partial charge in [-0.3, -0.25) is 4.99 Å². The molecule has 2 unspecified atom stereocenters. The first-order chi connectivity index (χ1) is 11.9. The van der Waals surface area contributed by atoms with E-state index in [-0.39, 0.29) is 35.8 Å². The van der Waals surface area contributed by atoms with Crippen LogP contribution in [0.3, 0.4) is 0 Å². The average molecular weight is 499 g/mol. The van der Waals surface area contributed by atoms with Gasteiger partial charge >= 0.3 is 0 Å². The van der Waals surface area contributed by atoms with E-state index in [9.17, 15) is 8.42 Å². The number of hydrogen-bond donors (Lipinski definition) is 2. The van der Waals surface area contributed by atoms with Crippen LogP contribution in [0.25, 0.3) is 0 Å². The molecule has 1 saturated heterocycles. The Labute approximate surface area is 173 Å². The number of nitrogens with one attached hydrogen (secondary N) is 2. The van der Waals surface area contributed by atoms with Gasteiger partial charge < -0.3 is 19.8 Å². The van der Waals surface area contributed by atoms with Crippen molar-refractivity contribution in [2.75, 3.05) is 38.3 Å². The summed E-state index contributed by atoms with van der Waals surface area (Å²) in [7, 11) is -2.96. The molecule has 1 aliphatic heterocycles. The Morgan fingerprint density at radius 2 is 2.27 bits per heavy atom. The summed E-state index contributed by atoms with van der Waals surface area (Å²) in [5, 5.41) is 6.60. The Hall–Kier alpha value is -0.810. The topological polar surface area (TPSA) is 92.9 Å². The van der Waals surface area contributed by atoms with Gasteiger partial charge in [-0.1, -0.05) is 0 Å². The third-order valence-electron chi connectivity index (χ3n) is 4.08. The van der Waals surface area contributed by atoms with Crippen LogP contribution in [-0.2, 0) is 21.0 Å². The summed E-state index contributed by atoms with van der Waals surface area (Å²) in [4.78, 5) is 4.64. The number of rotatable bonds is 9. The summed E-state index contributed by atoms with van der Waals surface area (Å²) in [6.07, 6.45) is 5.27. The second-order valence-corrected chi connectivity index (χ2v) is 8.90. The maximum absolute atomic E-state index is 11.3. The summed E-state index contributed by atoms with van der Waals surface area (Å²) in [6.45, 7) is 4.92. The summed E-state index contributed by atoms with van der Waals surface area (Å²) in [6, 6.07) is 3.83. The highest BCUT2D eigenvalue weighted by Gasteiger charge is 2.16. The van der Waals surface area contributed by atoms with Crippen LogP contribution in [0.4, 0.5) is 0 Å². The van der Waals surface area contributed by atoms with E-state index in [0.29, 0.717) is 31.4 Å². The predicted molar refractivity (Wildman–Crippen MR) is 114 cm³/mol. The second kappa shape index (κ2) is 11.8. The smallest absolute Gasteiger partial charge is 0.191 e. The zero-order valence-corrected chi connectivity index (χ0v) is 18.6. The molecule has 0 bridgehead atoms. The van der Waals surface area contributed by atoms with Crippen molar-refractivity contribution in [3.63, 3.8) is 0 Å². The molecule has 1 aliphatic rings. The number of nitrogens with zero attached hydrogens (tertiary/aromatic N) is 1. The minimum atomic E-state index is -2.96. The van der Waals surface area contributed by atoms with E-state index < -0.39 is 9.84 Å². The van der Waals surface area contributed by atoms with E-state index in [1.807, 2.05) is 19.1 Å². The first-order valence-corrected chi connectivity index (χ1v) is 10.8. The second-order valence-electron chi connectivity index (χ2n) is 6.64. The van der Waals surface area contributed by atoms with Gasteiger partial charge in [-0.2, -0.15) is 0 Å². The molecule has 0 radical (unpaired) electrons. The van der Waals surface area contributed by atoms with Gasteiger partial charge in [0.1, 0.15) is 15.6 Å². The fourth-order valence-corrected chi connectivity index (χ4v) is 3.34. The highest BCUT2D eigenvalue weighted by Crippen LogP contribution is 2.12. The third-order valence-corrected chi connectivity index (χ3v) is 5.06. The molecule has 1 aromatic heterocycles. The molecule has 0 amide bonds. The van der Waals surface area contributed by atoms with Crippen LogP contribution in [0, 0.1) is 5.92 Å². The van der Waals surface area contributed by atoms with Crippen molar-refractivity contribution in [2.24, 2.45) is 10.9 Å². The first kappa shape index (κ1) is 23.2. The number of hydrogen-bond acceptors (Lipinski definition) is 5. The molecule has 2 N–H and O–H groups in total. The van der Waals surface area contributed by atoms with Crippen LogP contribution in [0.5, 0.6) is 0 Å². The summed E-state index contributed by atoms with van der Waals surface area (Å²) >= 11 is 0. The average Bonchev–Trinajstić information content (AvgIpc) is 3.23. The van der Waals surface area contributed by atoms with E-state index >= 15 is 0 Å². The van der Waals surface area contributed by atoms with Crippen LogP contribution in [0.15, 0.2) is 27.8 Å². The number of halogens is 1. The Balaban J connectivity index is 0.00000338. The number of furan rings is 1. The van der Waals surface area contributed by atoms with Crippen molar-refractivity contribution in [1.82, 2.24) is 10.6 Å². The zero-order chi connectivity index (χ0) is 18.1. The molecular weight excluding hydrogens is 469 g/mol. The molecule has 26 heavy (non-hydrogen) atoms. The molecule has 0 saturated carbocycles. The number of guanidine groups is 1. The minimum Gasteiger partial charge on any atom is -0.469 e. The Morgan fingerprint density at radius 1 is 1.46 bits per heavy atom. The van der Waals surface area contributed by atoms with Crippen LogP contribution < -0.4 is 10.6 Å². The minimum absolute atomic E-state index is 0. The van der Waals surface area contributed by atoms with E-state index in [2.05, 4.69) is 15.6 Å². The molecule has 1 aromatic rings. The molecule has 0 aliphatic carbocycles. The van der Waals surface area contributed by atoms with E-state index in [0.717, 1.165) is 31.8 Å². The van der Waals surface area contributed by atoms with Gasteiger partial charge in [0.25, 0.3) is 0 Å². The lowest BCUT2D eigenvalue weighted by molar-refractivity contribution is 0.187. The van der Waals surface area contributed by atoms with Gasteiger partial charge in [0.05, 0.1) is 18.6 Å². The summed E-state index contributed by atoms with van der Waals surface area (Å²) in [5.41, 5.74) is 0. The van der Waals surface area contributed by atoms with Crippen LogP contribution >= 0.6 is 24.0 Å². The molecule has 0 aromatic carbocycles. The van der Waals surface area contributed by atoms with Gasteiger partial charge in [-0.05, 0) is 31.9 Å². The van der Waals surface area contributed by atoms with Gasteiger partial charge in [0, 0.05) is 44.3 Å². The number of aliphatic imine (C=N–C) groups is 1. The molecule has 0 spiro atoms. The Kier molecular flexibility index (Phi) is 10.6. The summed E-state index contributed by atoms with van der Waals surface area (Å²) < 4.78 is 33.4. The molecule has 2 heterocycles. The lowest BCUT2D eigenvalue weighted by Crippen LogP contribution is -2.43. The highest BCUT2D eigenvalue weighted by atomic mass is 127. The molecule has 2 rings (SSSR count). The van der Waals surface area contributed by atoms with E-state index in [1.165, 1.54) is 6.26 Å². The van der Waals surface area contributed by atoms with Crippen LogP contribution in [0.2, 0.25) is 0 Å². The summed E-state index contributed by atoms with van der Waals surface area (Å²) in [5.74, 6) is 2.24. The third kappa shape index (κ3) is 9.77. The van der Waals surface area contributed by atoms with Crippen molar-refractivity contribution in [1.29, 1.82) is 0 Å². The molecule has 2 atom stereocenters. The monoisotopic (exact) mass is 499 g/mol. The normalized spacial score (nSPS) is 19.0. The molecule has 9 heteroatoms. The fourth-order valence-electron chi connectivity index (χ4n) is 2.56. The van der Waals surface area contributed by atoms with Gasteiger partial charge in [0.2, 0.25) is 0 Å². The Morgan fingerprint density at radius 3 is 2.88 bits per heavy atom. The van der Waals surface area contributed by atoms with Crippen LogP contribution in [0.1, 0.15) is 25.5 Å². The maximum Gasteiger partial charge on any atom is 0.191 e. The van der Waals surface area contributed by atoms with E-state index in [1.54, 1.807) is 6.26 Å². The highest BCUT2D eigenvalue weighted by molar-refractivity contribution is 14.0.